The normalized spacial score (nSPS) is 11.7. The first kappa shape index (κ1) is 28.2. The van der Waals surface area contributed by atoms with E-state index >= 15 is 0 Å². The van der Waals surface area contributed by atoms with Crippen LogP contribution in [0.15, 0.2) is 34.5 Å². The number of Topliss-reactive ketones (excluding diaryl/α,β-unsaturated/α-hetero) is 1. The van der Waals surface area contributed by atoms with Crippen LogP contribution in [0.2, 0.25) is 10.0 Å². The largest absolute Gasteiger partial charge is 0.490 e. The number of anilines is 1. The van der Waals surface area contributed by atoms with E-state index in [0.717, 1.165) is 0 Å². The summed E-state index contributed by atoms with van der Waals surface area (Å²) in [6.45, 7) is 9.93. The Hall–Kier alpha value is -3.04. The molecule has 35 heavy (non-hydrogen) atoms. The maximum Gasteiger partial charge on any atom is 0.258 e. The van der Waals surface area contributed by atoms with Crippen molar-refractivity contribution in [3.05, 3.63) is 34.3 Å². The summed E-state index contributed by atoms with van der Waals surface area (Å²) in [5, 5.41) is 11.0. The topological polar surface area (TPSA) is 108 Å². The second-order valence-corrected chi connectivity index (χ2v) is 7.71. The van der Waals surface area contributed by atoms with Crippen LogP contribution in [0.3, 0.4) is 0 Å². The highest BCUT2D eigenvalue weighted by atomic mass is 35.5. The van der Waals surface area contributed by atoms with Crippen LogP contribution in [0.25, 0.3) is 0 Å². The van der Waals surface area contributed by atoms with Gasteiger partial charge in [0.1, 0.15) is 10.7 Å². The van der Waals surface area contributed by atoms with Crippen molar-refractivity contribution in [3.8, 4) is 23.0 Å². The van der Waals surface area contributed by atoms with Crippen molar-refractivity contribution < 1.29 is 28.5 Å². The summed E-state index contributed by atoms with van der Waals surface area (Å²) in [7, 11) is 0. The number of hydrogen-bond donors (Lipinski definition) is 1. The summed E-state index contributed by atoms with van der Waals surface area (Å²) in [5.41, 5.74) is 0.382. The number of rotatable bonds is 13. The third-order valence-corrected chi connectivity index (χ3v) is 5.13. The Balaban J connectivity index is 2.38. The zero-order valence-electron chi connectivity index (χ0n) is 20.3. The average Bonchev–Trinajstić information content (AvgIpc) is 2.81. The fourth-order valence-electron chi connectivity index (χ4n) is 2.99. The fraction of sp³-hybridized carbons (Fsp3) is 0.417. The predicted molar refractivity (Wildman–Crippen MR) is 135 cm³/mol. The molecule has 0 aromatic heterocycles. The Bertz CT molecular complexity index is 1080. The molecule has 2 rings (SSSR count). The van der Waals surface area contributed by atoms with Crippen molar-refractivity contribution in [1.82, 2.24) is 0 Å². The molecule has 0 aliphatic carbocycles. The minimum Gasteiger partial charge on any atom is -0.490 e. The Morgan fingerprint density at radius 2 is 1.40 bits per heavy atom. The lowest BCUT2D eigenvalue weighted by Crippen LogP contribution is -2.32. The van der Waals surface area contributed by atoms with Crippen LogP contribution in [-0.4, -0.2) is 44.2 Å². The van der Waals surface area contributed by atoms with Gasteiger partial charge in [-0.2, -0.15) is 5.11 Å². The third kappa shape index (κ3) is 7.22. The highest BCUT2D eigenvalue weighted by Gasteiger charge is 2.26. The van der Waals surface area contributed by atoms with E-state index in [-0.39, 0.29) is 32.9 Å². The van der Waals surface area contributed by atoms with Gasteiger partial charge in [-0.25, -0.2) is 0 Å². The van der Waals surface area contributed by atoms with Crippen molar-refractivity contribution in [2.75, 3.05) is 31.7 Å². The Kier molecular flexibility index (Phi) is 11.1. The predicted octanol–water partition coefficient (Wildman–Crippen LogP) is 6.27. The second-order valence-electron chi connectivity index (χ2n) is 6.93. The van der Waals surface area contributed by atoms with Gasteiger partial charge in [-0.05, 0) is 58.9 Å². The summed E-state index contributed by atoms with van der Waals surface area (Å²) in [5.74, 6) is 0.145. The molecule has 0 spiro atoms. The van der Waals surface area contributed by atoms with E-state index in [9.17, 15) is 9.59 Å². The van der Waals surface area contributed by atoms with Crippen LogP contribution >= 0.6 is 23.2 Å². The van der Waals surface area contributed by atoms with E-state index in [1.54, 1.807) is 38.1 Å². The summed E-state index contributed by atoms with van der Waals surface area (Å²) >= 11 is 12.7. The zero-order chi connectivity index (χ0) is 26.0. The molecular weight excluding hydrogens is 497 g/mol. The van der Waals surface area contributed by atoms with Crippen LogP contribution < -0.4 is 24.3 Å². The van der Waals surface area contributed by atoms with Crippen LogP contribution in [0.4, 0.5) is 11.4 Å². The highest BCUT2D eigenvalue weighted by molar-refractivity contribution is 6.35. The molecule has 0 heterocycles. The summed E-state index contributed by atoms with van der Waals surface area (Å²) in [6, 6.07) is 4.93. The van der Waals surface area contributed by atoms with Gasteiger partial charge in [-0.1, -0.05) is 23.2 Å². The molecule has 0 fully saturated rings. The molecule has 190 valence electrons. The molecule has 0 aliphatic rings. The molecule has 0 bridgehead atoms. The van der Waals surface area contributed by atoms with E-state index < -0.39 is 17.7 Å². The number of nitrogens with zero attached hydrogens (tertiary/aromatic N) is 2. The van der Waals surface area contributed by atoms with Gasteiger partial charge in [0.15, 0.2) is 28.8 Å². The van der Waals surface area contributed by atoms with E-state index in [1.807, 2.05) is 13.8 Å². The molecule has 1 amide bonds. The number of azo groups is 1. The Labute approximate surface area is 214 Å². The van der Waals surface area contributed by atoms with E-state index in [2.05, 4.69) is 15.5 Å². The molecule has 0 saturated carbocycles. The summed E-state index contributed by atoms with van der Waals surface area (Å²) in [4.78, 5) is 25.2. The fourth-order valence-corrected chi connectivity index (χ4v) is 3.44. The molecule has 2 aromatic rings. The molecular formula is C24H29Cl2N3O6. The molecule has 0 aliphatic heterocycles. The van der Waals surface area contributed by atoms with Gasteiger partial charge >= 0.3 is 0 Å². The van der Waals surface area contributed by atoms with Crippen LogP contribution in [-0.2, 0) is 9.59 Å². The van der Waals surface area contributed by atoms with Gasteiger partial charge in [-0.3, -0.25) is 9.59 Å². The molecule has 1 N–H and O–H groups in total. The van der Waals surface area contributed by atoms with E-state index in [4.69, 9.17) is 42.1 Å². The van der Waals surface area contributed by atoms with Crippen LogP contribution in [0.5, 0.6) is 23.0 Å². The number of hydrogen-bond acceptors (Lipinski definition) is 8. The first-order chi connectivity index (χ1) is 16.8. The SMILES string of the molecule is CCOc1ccc(NC(=O)C(N=Nc2c(Cl)ccc(OCC)c2OCC)C(C)=O)c(Cl)c1OCC. The molecule has 0 radical (unpaired) electrons. The zero-order valence-corrected chi connectivity index (χ0v) is 21.8. The highest BCUT2D eigenvalue weighted by Crippen LogP contribution is 2.43. The van der Waals surface area contributed by atoms with Gasteiger partial charge in [-0.15, -0.1) is 5.11 Å². The number of benzene rings is 2. The minimum absolute atomic E-state index is 0.136. The standard InChI is InChI=1S/C24H29Cl2N3O6/c1-6-32-17-13-11-16(19(26)22(17)34-8-3)27-24(31)20(14(5)30)28-29-21-15(25)10-12-18(33-7-2)23(21)35-9-4/h10-13,20H,6-9H2,1-5H3,(H,27,31). The maximum atomic E-state index is 13.0. The number of ketones is 1. The lowest BCUT2D eigenvalue weighted by atomic mass is 10.2. The molecule has 11 heteroatoms. The summed E-state index contributed by atoms with van der Waals surface area (Å²) in [6.07, 6.45) is 0. The smallest absolute Gasteiger partial charge is 0.258 e. The van der Waals surface area contributed by atoms with Crippen molar-refractivity contribution >= 4 is 46.3 Å². The van der Waals surface area contributed by atoms with Gasteiger partial charge in [0.25, 0.3) is 5.91 Å². The van der Waals surface area contributed by atoms with Gasteiger partial charge < -0.3 is 24.3 Å². The van der Waals surface area contributed by atoms with Crippen molar-refractivity contribution in [3.63, 3.8) is 0 Å². The van der Waals surface area contributed by atoms with Gasteiger partial charge in [0.2, 0.25) is 6.04 Å². The third-order valence-electron chi connectivity index (χ3n) is 4.45. The second kappa shape index (κ2) is 13.7. The monoisotopic (exact) mass is 525 g/mol. The first-order valence-electron chi connectivity index (χ1n) is 11.2. The van der Waals surface area contributed by atoms with E-state index in [1.165, 1.54) is 6.92 Å². The Morgan fingerprint density at radius 1 is 0.857 bits per heavy atom. The number of carbonyl (C=O) groups excluding carboxylic acids is 2. The number of amides is 1. The number of halogens is 2. The molecule has 0 saturated heterocycles. The molecule has 1 unspecified atom stereocenters. The van der Waals surface area contributed by atoms with Crippen molar-refractivity contribution in [2.45, 2.75) is 40.7 Å². The molecule has 2 aromatic carbocycles. The van der Waals surface area contributed by atoms with Gasteiger partial charge in [0.05, 0.1) is 37.1 Å². The van der Waals surface area contributed by atoms with Gasteiger partial charge in [0, 0.05) is 0 Å². The number of carbonyl (C=O) groups is 2. The molecule has 1 atom stereocenters. The lowest BCUT2D eigenvalue weighted by Gasteiger charge is -2.16. The van der Waals surface area contributed by atoms with E-state index in [0.29, 0.717) is 37.9 Å². The lowest BCUT2D eigenvalue weighted by molar-refractivity contribution is -0.126. The summed E-state index contributed by atoms with van der Waals surface area (Å²) < 4.78 is 22.3. The number of nitrogens with one attached hydrogen (secondary N) is 1. The van der Waals surface area contributed by atoms with Crippen molar-refractivity contribution in [1.29, 1.82) is 0 Å². The van der Waals surface area contributed by atoms with Crippen molar-refractivity contribution in [2.24, 2.45) is 10.2 Å². The average molecular weight is 526 g/mol. The quantitative estimate of drug-likeness (QED) is 0.244. The Morgan fingerprint density at radius 3 is 1.97 bits per heavy atom. The van der Waals surface area contributed by atoms with Crippen LogP contribution in [0.1, 0.15) is 34.6 Å². The molecule has 9 nitrogen and oxygen atoms in total. The number of ether oxygens (including phenoxy) is 4. The maximum absolute atomic E-state index is 13.0. The minimum atomic E-state index is -1.46. The van der Waals surface area contributed by atoms with Crippen LogP contribution in [0, 0.1) is 0 Å². The first-order valence-corrected chi connectivity index (χ1v) is 11.9.